The van der Waals surface area contributed by atoms with Crippen molar-refractivity contribution in [2.24, 2.45) is 17.8 Å². The van der Waals surface area contributed by atoms with Crippen molar-refractivity contribution in [3.05, 3.63) is 41.9 Å². The number of aromatic nitrogens is 4. The second kappa shape index (κ2) is 7.77. The molecule has 31 heavy (non-hydrogen) atoms. The Bertz CT molecular complexity index is 1180. The number of hydrogen-bond donors (Lipinski definition) is 1. The predicted molar refractivity (Wildman–Crippen MR) is 118 cm³/mol. The normalized spacial score (nSPS) is 20.5. The molecule has 0 spiro atoms. The lowest BCUT2D eigenvalue weighted by molar-refractivity contribution is 0.0847. The molecule has 1 N–H and O–H groups in total. The summed E-state index contributed by atoms with van der Waals surface area (Å²) in [5.74, 6) is 2.71. The quantitative estimate of drug-likeness (QED) is 0.571. The third-order valence-electron chi connectivity index (χ3n) is 6.57. The summed E-state index contributed by atoms with van der Waals surface area (Å²) in [4.78, 5) is 22.0. The standard InChI is InChI=1S/C24H26N6O/c1-14(2)17-5-15(6-17)8-22(31)20-13-26-23(9-21(20)29-19-3-4-19)30-24-18(12-28-30)7-16(10-25)11-27-24/h7,9,11-15,17,19H,3-6,8H2,1-2H3,(H,26,29). The number of fused-ring (bicyclic) bond motifs is 1. The average molecular weight is 415 g/mol. The Kier molecular flexibility index (Phi) is 4.93. The van der Waals surface area contributed by atoms with Crippen molar-refractivity contribution in [3.8, 4) is 11.9 Å². The highest BCUT2D eigenvalue weighted by Gasteiger charge is 2.33. The van der Waals surface area contributed by atoms with E-state index in [0.717, 1.165) is 42.7 Å². The number of rotatable bonds is 7. The number of Topliss-reactive ketones (excluding diaryl/α,β-unsaturated/α-hetero) is 1. The van der Waals surface area contributed by atoms with Gasteiger partial charge in [-0.1, -0.05) is 13.8 Å². The van der Waals surface area contributed by atoms with Crippen molar-refractivity contribution >= 4 is 22.5 Å². The van der Waals surface area contributed by atoms with Crippen LogP contribution in [0.3, 0.4) is 0 Å². The van der Waals surface area contributed by atoms with Crippen molar-refractivity contribution < 1.29 is 4.79 Å². The Labute approximate surface area is 181 Å². The van der Waals surface area contributed by atoms with E-state index in [-0.39, 0.29) is 5.78 Å². The summed E-state index contributed by atoms with van der Waals surface area (Å²) < 4.78 is 1.65. The smallest absolute Gasteiger partial charge is 0.166 e. The summed E-state index contributed by atoms with van der Waals surface area (Å²) in [6.45, 7) is 4.52. The molecule has 3 heterocycles. The number of carbonyl (C=O) groups is 1. The zero-order valence-corrected chi connectivity index (χ0v) is 17.9. The molecule has 0 aliphatic heterocycles. The molecule has 2 aliphatic rings. The lowest BCUT2D eigenvalue weighted by atomic mass is 9.67. The number of ketones is 1. The third-order valence-corrected chi connectivity index (χ3v) is 6.57. The van der Waals surface area contributed by atoms with Crippen LogP contribution in [0.15, 0.2) is 30.7 Å². The first-order chi connectivity index (χ1) is 15.0. The number of nitrogens with one attached hydrogen (secondary N) is 1. The molecule has 3 aromatic rings. The van der Waals surface area contributed by atoms with Crippen LogP contribution in [0.1, 0.15) is 61.9 Å². The molecule has 5 rings (SSSR count). The largest absolute Gasteiger partial charge is 0.382 e. The van der Waals surface area contributed by atoms with E-state index in [0.29, 0.717) is 46.9 Å². The zero-order valence-electron chi connectivity index (χ0n) is 17.9. The van der Waals surface area contributed by atoms with E-state index in [4.69, 9.17) is 5.26 Å². The fourth-order valence-corrected chi connectivity index (χ4v) is 4.37. The van der Waals surface area contributed by atoms with Crippen LogP contribution in [-0.2, 0) is 0 Å². The van der Waals surface area contributed by atoms with Gasteiger partial charge in [0.25, 0.3) is 0 Å². The van der Waals surface area contributed by atoms with Crippen LogP contribution in [0.2, 0.25) is 0 Å². The second-order valence-corrected chi connectivity index (χ2v) is 9.28. The monoisotopic (exact) mass is 414 g/mol. The molecular weight excluding hydrogens is 388 g/mol. The fraction of sp³-hybridized carbons (Fsp3) is 0.458. The fourth-order valence-electron chi connectivity index (χ4n) is 4.37. The molecule has 0 saturated heterocycles. The molecule has 0 bridgehead atoms. The highest BCUT2D eigenvalue weighted by molar-refractivity contribution is 6.01. The Hall–Kier alpha value is -3.27. The average Bonchev–Trinajstić information content (AvgIpc) is 3.45. The summed E-state index contributed by atoms with van der Waals surface area (Å²) in [6, 6.07) is 6.17. The molecule has 7 nitrogen and oxygen atoms in total. The molecule has 0 unspecified atom stereocenters. The molecule has 2 fully saturated rings. The van der Waals surface area contributed by atoms with E-state index in [9.17, 15) is 4.79 Å². The van der Waals surface area contributed by atoms with Crippen LogP contribution >= 0.6 is 0 Å². The van der Waals surface area contributed by atoms with Crippen molar-refractivity contribution in [1.82, 2.24) is 19.7 Å². The van der Waals surface area contributed by atoms with E-state index in [2.05, 4.69) is 40.3 Å². The molecule has 2 saturated carbocycles. The highest BCUT2D eigenvalue weighted by Crippen LogP contribution is 2.41. The summed E-state index contributed by atoms with van der Waals surface area (Å²) in [5, 5.41) is 17.8. The first-order valence-electron chi connectivity index (χ1n) is 11.1. The minimum Gasteiger partial charge on any atom is -0.382 e. The van der Waals surface area contributed by atoms with E-state index >= 15 is 0 Å². The number of nitriles is 1. The van der Waals surface area contributed by atoms with Gasteiger partial charge < -0.3 is 5.32 Å². The molecule has 0 radical (unpaired) electrons. The number of hydrogen-bond acceptors (Lipinski definition) is 6. The predicted octanol–water partition coefficient (Wildman–Crippen LogP) is 4.52. The van der Waals surface area contributed by atoms with Gasteiger partial charge in [-0.3, -0.25) is 4.79 Å². The number of nitrogens with zero attached hydrogens (tertiary/aromatic N) is 5. The van der Waals surface area contributed by atoms with Gasteiger partial charge in [-0.05, 0) is 49.5 Å². The van der Waals surface area contributed by atoms with Crippen LogP contribution in [0, 0.1) is 29.1 Å². The van der Waals surface area contributed by atoms with Gasteiger partial charge in [-0.2, -0.15) is 15.0 Å². The summed E-state index contributed by atoms with van der Waals surface area (Å²) in [6.07, 6.45) is 10.0. The van der Waals surface area contributed by atoms with Crippen LogP contribution < -0.4 is 5.32 Å². The van der Waals surface area contributed by atoms with Crippen LogP contribution in [0.25, 0.3) is 16.9 Å². The van der Waals surface area contributed by atoms with Gasteiger partial charge in [0.1, 0.15) is 6.07 Å². The van der Waals surface area contributed by atoms with Gasteiger partial charge in [0.15, 0.2) is 17.2 Å². The van der Waals surface area contributed by atoms with Crippen molar-refractivity contribution in [2.45, 2.75) is 52.0 Å². The van der Waals surface area contributed by atoms with Crippen molar-refractivity contribution in [1.29, 1.82) is 5.26 Å². The summed E-state index contributed by atoms with van der Waals surface area (Å²) in [7, 11) is 0. The molecule has 7 heteroatoms. The lowest BCUT2D eigenvalue weighted by Crippen LogP contribution is -2.29. The minimum atomic E-state index is 0.163. The molecule has 2 aliphatic carbocycles. The van der Waals surface area contributed by atoms with E-state index in [1.165, 1.54) is 6.20 Å². The van der Waals surface area contributed by atoms with Crippen LogP contribution in [-0.4, -0.2) is 31.6 Å². The number of carbonyl (C=O) groups excluding carboxylic acids is 1. The Morgan fingerprint density at radius 1 is 1.23 bits per heavy atom. The van der Waals surface area contributed by atoms with Gasteiger partial charge in [0, 0.05) is 36.3 Å². The van der Waals surface area contributed by atoms with Crippen LogP contribution in [0.4, 0.5) is 5.69 Å². The Balaban J connectivity index is 1.42. The van der Waals surface area contributed by atoms with E-state index < -0.39 is 0 Å². The number of pyridine rings is 2. The van der Waals surface area contributed by atoms with Gasteiger partial charge in [-0.15, -0.1) is 0 Å². The summed E-state index contributed by atoms with van der Waals surface area (Å²) >= 11 is 0. The van der Waals surface area contributed by atoms with Crippen molar-refractivity contribution in [2.75, 3.05) is 5.32 Å². The SMILES string of the molecule is CC(C)C1CC(CC(=O)c2cnc(-n3ncc4cc(C#N)cnc43)cc2NC2CC2)C1. The molecule has 158 valence electrons. The Morgan fingerprint density at radius 3 is 2.74 bits per heavy atom. The maximum Gasteiger partial charge on any atom is 0.166 e. The third kappa shape index (κ3) is 3.90. The maximum atomic E-state index is 13.1. The Morgan fingerprint density at radius 2 is 2.03 bits per heavy atom. The first kappa shape index (κ1) is 19.7. The zero-order chi connectivity index (χ0) is 21.5. The minimum absolute atomic E-state index is 0.163. The molecule has 3 aromatic heterocycles. The molecule has 0 aromatic carbocycles. The van der Waals surface area contributed by atoms with E-state index in [1.54, 1.807) is 23.1 Å². The van der Waals surface area contributed by atoms with Gasteiger partial charge >= 0.3 is 0 Å². The van der Waals surface area contributed by atoms with E-state index in [1.807, 2.05) is 6.07 Å². The van der Waals surface area contributed by atoms with Gasteiger partial charge in [0.05, 0.1) is 23.0 Å². The molecule has 0 atom stereocenters. The van der Waals surface area contributed by atoms with Crippen molar-refractivity contribution in [3.63, 3.8) is 0 Å². The summed E-state index contributed by atoms with van der Waals surface area (Å²) in [5.41, 5.74) is 2.62. The van der Waals surface area contributed by atoms with Gasteiger partial charge in [-0.25, -0.2) is 9.97 Å². The number of anilines is 1. The topological polar surface area (TPSA) is 96.5 Å². The highest BCUT2D eigenvalue weighted by atomic mass is 16.1. The van der Waals surface area contributed by atoms with Gasteiger partial charge in [0.2, 0.25) is 0 Å². The molecule has 0 amide bonds. The molecular formula is C24H26N6O. The lowest BCUT2D eigenvalue weighted by Gasteiger charge is -2.37. The van der Waals surface area contributed by atoms with Crippen LogP contribution in [0.5, 0.6) is 0 Å². The maximum absolute atomic E-state index is 13.1. The first-order valence-corrected chi connectivity index (χ1v) is 11.1. The second-order valence-electron chi connectivity index (χ2n) is 9.28.